The van der Waals surface area contributed by atoms with Gasteiger partial charge in [0.2, 0.25) is 5.91 Å². The van der Waals surface area contributed by atoms with Gasteiger partial charge in [-0.1, -0.05) is 30.3 Å². The van der Waals surface area contributed by atoms with E-state index < -0.39 is 5.82 Å². The van der Waals surface area contributed by atoms with Crippen molar-refractivity contribution in [1.82, 2.24) is 30.0 Å². The van der Waals surface area contributed by atoms with Crippen LogP contribution in [0, 0.1) is 5.82 Å². The highest BCUT2D eigenvalue weighted by atomic mass is 35.5. The Morgan fingerprint density at radius 1 is 1.22 bits per heavy atom. The molecule has 2 aliphatic rings. The molecule has 0 bridgehead atoms. The summed E-state index contributed by atoms with van der Waals surface area (Å²) < 4.78 is 27.6. The van der Waals surface area contributed by atoms with Crippen molar-refractivity contribution in [2.24, 2.45) is 0 Å². The number of allylic oxidation sites excluding steroid dienone is 2. The second kappa shape index (κ2) is 13.2. The Bertz CT molecular complexity index is 1560. The smallest absolute Gasteiger partial charge is 0.319 e. The number of amides is 1. The molecule has 0 aliphatic carbocycles. The van der Waals surface area contributed by atoms with Crippen LogP contribution in [0.3, 0.4) is 0 Å². The predicted octanol–water partition coefficient (Wildman–Crippen LogP) is 1.88. The number of hydrogen-bond acceptors (Lipinski definition) is 8. The first-order valence-electron chi connectivity index (χ1n) is 13.6. The Kier molecular flexibility index (Phi) is 9.28. The van der Waals surface area contributed by atoms with Gasteiger partial charge in [-0.05, 0) is 31.2 Å². The lowest BCUT2D eigenvalue weighted by Crippen LogP contribution is -2.48. The van der Waals surface area contributed by atoms with Gasteiger partial charge in [0, 0.05) is 62.0 Å². The molecular formula is C29H33ClFN7O3. The number of ether oxygens (including phenoxy) is 2. The van der Waals surface area contributed by atoms with E-state index in [1.54, 1.807) is 23.2 Å². The van der Waals surface area contributed by atoms with Gasteiger partial charge in [0.1, 0.15) is 17.9 Å². The highest BCUT2D eigenvalue weighted by molar-refractivity contribution is 6.33. The standard InChI is InChI=1S/C29H33ClFN7O3/c1-3-5-6-24-20(19-32-35-24)17-21-23(30)18-22-27(26(21)31)33-29(41-16-13-36-11-14-40-15-12-36)34-28(22)38-9-7-37(8-10-38)25(39)4-2/h3-6,17-19,35H,2,7-16H2,1H3/b5-3+,20-17+,24-6+. The molecule has 1 N–H and O–H groups in total. The summed E-state index contributed by atoms with van der Waals surface area (Å²) in [6.07, 6.45) is 10.2. The van der Waals surface area contributed by atoms with E-state index >= 15 is 4.39 Å². The second-order valence-corrected chi connectivity index (χ2v) is 10.1. The zero-order valence-corrected chi connectivity index (χ0v) is 23.7. The van der Waals surface area contributed by atoms with Crippen LogP contribution in [-0.2, 0) is 9.53 Å². The number of H-pyrrole nitrogens is 1. The van der Waals surface area contributed by atoms with Gasteiger partial charge in [0.05, 0.1) is 29.8 Å². The lowest BCUT2D eigenvalue weighted by Gasteiger charge is -2.35. The third-order valence-corrected chi connectivity index (χ3v) is 7.45. The van der Waals surface area contributed by atoms with Crippen molar-refractivity contribution in [3.05, 3.63) is 64.0 Å². The topological polar surface area (TPSA) is 99.7 Å². The number of morpholine rings is 1. The number of anilines is 1. The van der Waals surface area contributed by atoms with E-state index in [1.807, 2.05) is 30.1 Å². The molecule has 1 aromatic carbocycles. The second-order valence-electron chi connectivity index (χ2n) is 9.71. The summed E-state index contributed by atoms with van der Waals surface area (Å²) in [7, 11) is 0. The third-order valence-electron chi connectivity index (χ3n) is 7.14. The number of carbonyl (C=O) groups is 1. The average Bonchev–Trinajstić information content (AvgIpc) is 3.45. The number of benzene rings is 1. The molecule has 4 heterocycles. The minimum atomic E-state index is -0.576. The number of aromatic nitrogens is 4. The van der Waals surface area contributed by atoms with Crippen molar-refractivity contribution in [3.63, 3.8) is 0 Å². The van der Waals surface area contributed by atoms with Gasteiger partial charge in [-0.15, -0.1) is 0 Å². The van der Waals surface area contributed by atoms with Crippen LogP contribution in [0.25, 0.3) is 23.1 Å². The summed E-state index contributed by atoms with van der Waals surface area (Å²) in [6.45, 7) is 11.5. The first-order valence-corrected chi connectivity index (χ1v) is 14.0. The van der Waals surface area contributed by atoms with Crippen molar-refractivity contribution in [3.8, 4) is 6.01 Å². The number of halogens is 2. The normalized spacial score (nSPS) is 17.6. The number of carbonyl (C=O) groups excluding carboxylic acids is 1. The van der Waals surface area contributed by atoms with E-state index in [2.05, 4.69) is 26.7 Å². The molecule has 12 heteroatoms. The minimum Gasteiger partial charge on any atom is -0.462 e. The van der Waals surface area contributed by atoms with Crippen LogP contribution in [0.5, 0.6) is 6.01 Å². The fourth-order valence-corrected chi connectivity index (χ4v) is 5.12. The van der Waals surface area contributed by atoms with Gasteiger partial charge in [0.15, 0.2) is 5.82 Å². The highest BCUT2D eigenvalue weighted by Gasteiger charge is 2.25. The van der Waals surface area contributed by atoms with Crippen molar-refractivity contribution >= 4 is 46.4 Å². The summed E-state index contributed by atoms with van der Waals surface area (Å²) >= 11 is 6.67. The molecule has 0 saturated carbocycles. The number of nitrogens with one attached hydrogen (secondary N) is 1. The number of nitrogens with zero attached hydrogens (tertiary/aromatic N) is 6. The maximum Gasteiger partial charge on any atom is 0.319 e. The van der Waals surface area contributed by atoms with Gasteiger partial charge >= 0.3 is 6.01 Å². The molecule has 3 aromatic rings. The van der Waals surface area contributed by atoms with Crippen molar-refractivity contribution < 1.29 is 18.7 Å². The van der Waals surface area contributed by atoms with Crippen LogP contribution in [0.4, 0.5) is 10.2 Å². The summed E-state index contributed by atoms with van der Waals surface area (Å²) in [5.74, 6) is -0.184. The highest BCUT2D eigenvalue weighted by Crippen LogP contribution is 2.34. The summed E-state index contributed by atoms with van der Waals surface area (Å²) in [5, 5.41) is 9.11. The molecule has 2 aliphatic heterocycles. The maximum atomic E-state index is 16.2. The number of aromatic amines is 1. The SMILES string of the molecule is C=CC(=O)N1CCN(c2nc(OCCN3CCOCC3)nc3c(F)c(\C=c4/cn[nH]/c4=C/C=C/C)c(Cl)cc23)CC1. The van der Waals surface area contributed by atoms with Crippen LogP contribution in [0.1, 0.15) is 12.5 Å². The Balaban J connectivity index is 1.53. The van der Waals surface area contributed by atoms with Gasteiger partial charge in [-0.2, -0.15) is 15.1 Å². The van der Waals surface area contributed by atoms with Crippen LogP contribution in [0.2, 0.25) is 5.02 Å². The number of rotatable bonds is 8. The van der Waals surface area contributed by atoms with Crippen molar-refractivity contribution in [1.29, 1.82) is 0 Å². The van der Waals surface area contributed by atoms with Gasteiger partial charge in [-0.25, -0.2) is 4.39 Å². The lowest BCUT2D eigenvalue weighted by atomic mass is 10.1. The van der Waals surface area contributed by atoms with E-state index in [0.29, 0.717) is 69.0 Å². The van der Waals surface area contributed by atoms with Gasteiger partial charge in [-0.3, -0.25) is 14.8 Å². The van der Waals surface area contributed by atoms with Crippen LogP contribution >= 0.6 is 11.6 Å². The molecule has 0 atom stereocenters. The first-order chi connectivity index (χ1) is 20.0. The molecule has 41 heavy (non-hydrogen) atoms. The summed E-state index contributed by atoms with van der Waals surface area (Å²) in [4.78, 5) is 27.3. The van der Waals surface area contributed by atoms with E-state index in [0.717, 1.165) is 18.4 Å². The van der Waals surface area contributed by atoms with E-state index in [-0.39, 0.29) is 28.0 Å². The number of piperazine rings is 1. The Morgan fingerprint density at radius 3 is 2.73 bits per heavy atom. The molecule has 0 spiro atoms. The molecule has 0 radical (unpaired) electrons. The average molecular weight is 582 g/mol. The fourth-order valence-electron chi connectivity index (χ4n) is 4.87. The maximum absolute atomic E-state index is 16.2. The van der Waals surface area contributed by atoms with Crippen molar-refractivity contribution in [2.75, 3.05) is 70.5 Å². The number of fused-ring (bicyclic) bond motifs is 1. The summed E-state index contributed by atoms with van der Waals surface area (Å²) in [6, 6.07) is 1.78. The van der Waals surface area contributed by atoms with E-state index in [9.17, 15) is 4.79 Å². The van der Waals surface area contributed by atoms with Crippen LogP contribution in [-0.4, -0.2) is 102 Å². The quantitative estimate of drug-likeness (QED) is 0.403. The molecule has 216 valence electrons. The first kappa shape index (κ1) is 28.7. The zero-order valence-electron chi connectivity index (χ0n) is 23.0. The monoisotopic (exact) mass is 581 g/mol. The predicted molar refractivity (Wildman–Crippen MR) is 157 cm³/mol. The van der Waals surface area contributed by atoms with Crippen molar-refractivity contribution in [2.45, 2.75) is 6.92 Å². The molecule has 10 nitrogen and oxygen atoms in total. The largest absolute Gasteiger partial charge is 0.462 e. The Labute approximate surface area is 242 Å². The Hall–Kier alpha value is -3.80. The van der Waals surface area contributed by atoms with Gasteiger partial charge < -0.3 is 19.3 Å². The van der Waals surface area contributed by atoms with Crippen LogP contribution < -0.4 is 20.2 Å². The fraction of sp³-hybridized carbons (Fsp3) is 0.379. The summed E-state index contributed by atoms with van der Waals surface area (Å²) in [5.41, 5.74) is 0.306. The number of hydrogen-bond donors (Lipinski definition) is 1. The molecule has 2 saturated heterocycles. The van der Waals surface area contributed by atoms with E-state index in [4.69, 9.17) is 26.1 Å². The molecule has 1 amide bonds. The molecule has 2 aromatic heterocycles. The molecule has 0 unspecified atom stereocenters. The molecule has 5 rings (SSSR count). The molecular weight excluding hydrogens is 549 g/mol. The lowest BCUT2D eigenvalue weighted by molar-refractivity contribution is -0.126. The minimum absolute atomic E-state index is 0.0861. The third kappa shape index (κ3) is 6.58. The van der Waals surface area contributed by atoms with E-state index in [1.165, 1.54) is 6.08 Å². The zero-order chi connectivity index (χ0) is 28.8. The molecule has 2 fully saturated rings. The van der Waals surface area contributed by atoms with Crippen LogP contribution in [0.15, 0.2) is 37.1 Å². The van der Waals surface area contributed by atoms with Gasteiger partial charge in [0.25, 0.3) is 0 Å². The Morgan fingerprint density at radius 2 is 2.00 bits per heavy atom.